The molecule has 0 bridgehead atoms. The molecule has 0 fully saturated rings. The van der Waals surface area contributed by atoms with E-state index in [4.69, 9.17) is 5.73 Å². The number of pyridine rings is 1. The maximum absolute atomic E-state index is 5.50. The van der Waals surface area contributed by atoms with Crippen LogP contribution in [0, 0.1) is 0 Å². The third-order valence-electron chi connectivity index (χ3n) is 1.93. The molecule has 0 aliphatic heterocycles. The lowest BCUT2D eigenvalue weighted by Gasteiger charge is -2.01. The summed E-state index contributed by atoms with van der Waals surface area (Å²) in [6, 6.07) is 3.66. The fraction of sp³-hybridized carbons (Fsp3) is 0.100. The largest absolute Gasteiger partial charge is 0.384 e. The number of nitrogen functional groups attached to an aromatic ring is 1. The molecular weight excluding hydrogens is 208 g/mol. The van der Waals surface area contributed by atoms with Crippen LogP contribution in [-0.2, 0) is 0 Å². The first-order chi connectivity index (χ1) is 7.29. The van der Waals surface area contributed by atoms with Gasteiger partial charge in [0.25, 0.3) is 0 Å². The monoisotopic (exact) mass is 218 g/mol. The molecule has 0 radical (unpaired) electrons. The van der Waals surface area contributed by atoms with Crippen molar-refractivity contribution < 1.29 is 0 Å². The summed E-state index contributed by atoms with van der Waals surface area (Å²) in [6.45, 7) is 0. The molecule has 2 rings (SSSR count). The summed E-state index contributed by atoms with van der Waals surface area (Å²) in [6.07, 6.45) is 7.23. The SMILES string of the molecule is CSc1ncc(-c2ccc(N)nc2)cn1. The lowest BCUT2D eigenvalue weighted by Crippen LogP contribution is -1.90. The number of thioether (sulfide) groups is 1. The molecule has 0 aromatic carbocycles. The Hall–Kier alpha value is -1.62. The van der Waals surface area contributed by atoms with Gasteiger partial charge in [0.1, 0.15) is 5.82 Å². The van der Waals surface area contributed by atoms with Gasteiger partial charge in [0, 0.05) is 29.7 Å². The van der Waals surface area contributed by atoms with E-state index in [1.807, 2.05) is 12.3 Å². The number of anilines is 1. The Morgan fingerprint density at radius 2 is 1.67 bits per heavy atom. The van der Waals surface area contributed by atoms with Crippen LogP contribution in [-0.4, -0.2) is 21.2 Å². The van der Waals surface area contributed by atoms with Gasteiger partial charge in [-0.1, -0.05) is 11.8 Å². The van der Waals surface area contributed by atoms with Crippen molar-refractivity contribution in [2.45, 2.75) is 5.16 Å². The quantitative estimate of drug-likeness (QED) is 0.615. The minimum Gasteiger partial charge on any atom is -0.384 e. The minimum absolute atomic E-state index is 0.514. The molecule has 0 spiro atoms. The van der Waals surface area contributed by atoms with E-state index in [0.717, 1.165) is 16.3 Å². The fourth-order valence-corrected chi connectivity index (χ4v) is 1.46. The smallest absolute Gasteiger partial charge is 0.187 e. The van der Waals surface area contributed by atoms with Crippen molar-refractivity contribution in [3.05, 3.63) is 30.7 Å². The first-order valence-corrected chi connectivity index (χ1v) is 5.60. The van der Waals surface area contributed by atoms with Crippen LogP contribution in [0.3, 0.4) is 0 Å². The highest BCUT2D eigenvalue weighted by atomic mass is 32.2. The zero-order chi connectivity index (χ0) is 10.7. The minimum atomic E-state index is 0.514. The van der Waals surface area contributed by atoms with E-state index in [1.165, 1.54) is 11.8 Å². The number of hydrogen-bond acceptors (Lipinski definition) is 5. The third-order valence-corrected chi connectivity index (χ3v) is 2.51. The number of aromatic nitrogens is 3. The maximum Gasteiger partial charge on any atom is 0.187 e. The van der Waals surface area contributed by atoms with E-state index in [1.54, 1.807) is 24.7 Å². The second kappa shape index (κ2) is 4.27. The predicted octanol–water partition coefficient (Wildman–Crippen LogP) is 1.84. The standard InChI is InChI=1S/C10H10N4S/c1-15-10-13-5-8(6-14-10)7-2-3-9(11)12-4-7/h2-6H,1H3,(H2,11,12). The van der Waals surface area contributed by atoms with Gasteiger partial charge in [-0.2, -0.15) is 0 Å². The van der Waals surface area contributed by atoms with Crippen LogP contribution in [0.4, 0.5) is 5.82 Å². The molecule has 0 atom stereocenters. The number of hydrogen-bond donors (Lipinski definition) is 1. The summed E-state index contributed by atoms with van der Waals surface area (Å²) in [4.78, 5) is 12.4. The van der Waals surface area contributed by atoms with Crippen molar-refractivity contribution in [2.75, 3.05) is 12.0 Å². The Kier molecular flexibility index (Phi) is 2.82. The van der Waals surface area contributed by atoms with E-state index >= 15 is 0 Å². The topological polar surface area (TPSA) is 64.7 Å². The van der Waals surface area contributed by atoms with E-state index in [-0.39, 0.29) is 0 Å². The zero-order valence-electron chi connectivity index (χ0n) is 8.21. The molecule has 2 aromatic rings. The Morgan fingerprint density at radius 1 is 1.00 bits per heavy atom. The van der Waals surface area contributed by atoms with Crippen molar-refractivity contribution in [2.24, 2.45) is 0 Å². The highest BCUT2D eigenvalue weighted by Crippen LogP contribution is 2.18. The van der Waals surface area contributed by atoms with Crippen molar-refractivity contribution in [3.8, 4) is 11.1 Å². The van der Waals surface area contributed by atoms with Gasteiger partial charge in [0.05, 0.1) is 0 Å². The number of rotatable bonds is 2. The van der Waals surface area contributed by atoms with Crippen LogP contribution in [0.1, 0.15) is 0 Å². The van der Waals surface area contributed by atoms with Crippen LogP contribution in [0.15, 0.2) is 35.9 Å². The van der Waals surface area contributed by atoms with Gasteiger partial charge in [-0.05, 0) is 18.4 Å². The van der Waals surface area contributed by atoms with Gasteiger partial charge in [-0.3, -0.25) is 0 Å². The van der Waals surface area contributed by atoms with Gasteiger partial charge in [-0.25, -0.2) is 15.0 Å². The van der Waals surface area contributed by atoms with Gasteiger partial charge in [0.15, 0.2) is 5.16 Å². The molecule has 0 saturated carbocycles. The van der Waals surface area contributed by atoms with Crippen LogP contribution < -0.4 is 5.73 Å². The molecule has 2 heterocycles. The van der Waals surface area contributed by atoms with Crippen LogP contribution in [0.5, 0.6) is 0 Å². The van der Waals surface area contributed by atoms with Crippen LogP contribution >= 0.6 is 11.8 Å². The summed E-state index contributed by atoms with van der Waals surface area (Å²) in [5, 5.41) is 0.766. The second-order valence-electron chi connectivity index (χ2n) is 2.93. The number of nitrogens with zero attached hydrogens (tertiary/aromatic N) is 3. The van der Waals surface area contributed by atoms with E-state index in [2.05, 4.69) is 15.0 Å². The van der Waals surface area contributed by atoms with Gasteiger partial charge in [-0.15, -0.1) is 0 Å². The van der Waals surface area contributed by atoms with Gasteiger partial charge < -0.3 is 5.73 Å². The summed E-state index contributed by atoms with van der Waals surface area (Å²) in [5.41, 5.74) is 7.42. The zero-order valence-corrected chi connectivity index (χ0v) is 9.03. The van der Waals surface area contributed by atoms with E-state index in [0.29, 0.717) is 5.82 Å². The molecule has 15 heavy (non-hydrogen) atoms. The average Bonchev–Trinajstić information content (AvgIpc) is 2.30. The Bertz CT molecular complexity index is 438. The van der Waals surface area contributed by atoms with Crippen molar-refractivity contribution in [3.63, 3.8) is 0 Å². The van der Waals surface area contributed by atoms with Crippen LogP contribution in [0.2, 0.25) is 0 Å². The summed E-state index contributed by atoms with van der Waals surface area (Å²) in [5.74, 6) is 0.514. The Labute approximate surface area is 92.0 Å². The van der Waals surface area contributed by atoms with Gasteiger partial charge >= 0.3 is 0 Å². The molecule has 0 unspecified atom stereocenters. The molecule has 2 aromatic heterocycles. The normalized spacial score (nSPS) is 10.2. The van der Waals surface area contributed by atoms with Crippen molar-refractivity contribution >= 4 is 17.6 Å². The highest BCUT2D eigenvalue weighted by Gasteiger charge is 1.99. The molecular formula is C10H10N4S. The molecule has 0 amide bonds. The van der Waals surface area contributed by atoms with Gasteiger partial charge in [0.2, 0.25) is 0 Å². The molecule has 76 valence electrons. The average molecular weight is 218 g/mol. The molecule has 4 nitrogen and oxygen atoms in total. The summed E-state index contributed by atoms with van der Waals surface area (Å²) < 4.78 is 0. The first-order valence-electron chi connectivity index (χ1n) is 4.37. The van der Waals surface area contributed by atoms with Crippen molar-refractivity contribution in [1.29, 1.82) is 0 Å². The maximum atomic E-state index is 5.50. The summed E-state index contributed by atoms with van der Waals surface area (Å²) in [7, 11) is 0. The predicted molar refractivity (Wildman–Crippen MR) is 61.5 cm³/mol. The summed E-state index contributed by atoms with van der Waals surface area (Å²) >= 11 is 1.52. The second-order valence-corrected chi connectivity index (χ2v) is 3.70. The van der Waals surface area contributed by atoms with E-state index < -0.39 is 0 Å². The number of nitrogens with two attached hydrogens (primary N) is 1. The Balaban J connectivity index is 2.33. The Morgan fingerprint density at radius 3 is 2.20 bits per heavy atom. The molecule has 2 N–H and O–H groups in total. The first kappa shape index (κ1) is 9.92. The third kappa shape index (κ3) is 2.24. The fourth-order valence-electron chi connectivity index (χ4n) is 1.15. The lowest BCUT2D eigenvalue weighted by atomic mass is 10.1. The van der Waals surface area contributed by atoms with Crippen molar-refractivity contribution in [1.82, 2.24) is 15.0 Å². The molecule has 0 aliphatic rings. The highest BCUT2D eigenvalue weighted by molar-refractivity contribution is 7.98. The molecule has 5 heteroatoms. The molecule has 0 aliphatic carbocycles. The molecule has 0 saturated heterocycles. The lowest BCUT2D eigenvalue weighted by molar-refractivity contribution is 0.973. The van der Waals surface area contributed by atoms with Crippen LogP contribution in [0.25, 0.3) is 11.1 Å². The van der Waals surface area contributed by atoms with E-state index in [9.17, 15) is 0 Å².